The van der Waals surface area contributed by atoms with Crippen molar-refractivity contribution in [2.75, 3.05) is 18.0 Å². The van der Waals surface area contributed by atoms with Gasteiger partial charge in [0.2, 0.25) is 0 Å². The molecular formula is C14H15ClF3N5. The SMILES string of the molecule is FC(F)(F)c1cnc(N2CCC[C@@H](Cn3cncn3)C2)c(Cl)c1. The number of nitrogens with zero attached hydrogens (tertiary/aromatic N) is 5. The van der Waals surface area contributed by atoms with E-state index in [2.05, 4.69) is 15.1 Å². The van der Waals surface area contributed by atoms with Gasteiger partial charge in [-0.15, -0.1) is 0 Å². The van der Waals surface area contributed by atoms with Crippen molar-refractivity contribution in [3.05, 3.63) is 35.5 Å². The monoisotopic (exact) mass is 345 g/mol. The normalized spacial score (nSPS) is 19.1. The van der Waals surface area contributed by atoms with Crippen molar-refractivity contribution in [1.82, 2.24) is 19.7 Å². The first-order valence-electron chi connectivity index (χ1n) is 7.23. The maximum Gasteiger partial charge on any atom is 0.417 e. The second-order valence-electron chi connectivity index (χ2n) is 5.60. The minimum absolute atomic E-state index is 0.0289. The van der Waals surface area contributed by atoms with Crippen LogP contribution >= 0.6 is 11.6 Å². The zero-order valence-electron chi connectivity index (χ0n) is 12.2. The smallest absolute Gasteiger partial charge is 0.355 e. The highest BCUT2D eigenvalue weighted by Gasteiger charge is 2.32. The average molecular weight is 346 g/mol. The molecule has 1 saturated heterocycles. The summed E-state index contributed by atoms with van der Waals surface area (Å²) < 4.78 is 39.8. The highest BCUT2D eigenvalue weighted by molar-refractivity contribution is 6.33. The van der Waals surface area contributed by atoms with E-state index in [0.717, 1.165) is 38.2 Å². The number of alkyl halides is 3. The highest BCUT2D eigenvalue weighted by Crippen LogP contribution is 2.34. The summed E-state index contributed by atoms with van der Waals surface area (Å²) in [6.07, 6.45) is 1.49. The molecule has 0 saturated carbocycles. The summed E-state index contributed by atoms with van der Waals surface area (Å²) in [5, 5.41) is 4.11. The molecule has 0 spiro atoms. The van der Waals surface area contributed by atoms with Gasteiger partial charge in [0.1, 0.15) is 18.5 Å². The van der Waals surface area contributed by atoms with Crippen LogP contribution < -0.4 is 4.90 Å². The van der Waals surface area contributed by atoms with Crippen LogP contribution in [0, 0.1) is 5.92 Å². The fourth-order valence-electron chi connectivity index (χ4n) is 2.82. The van der Waals surface area contributed by atoms with Gasteiger partial charge in [-0.25, -0.2) is 9.97 Å². The van der Waals surface area contributed by atoms with Crippen LogP contribution in [0.4, 0.5) is 19.0 Å². The van der Waals surface area contributed by atoms with Crippen LogP contribution in [0.5, 0.6) is 0 Å². The molecule has 1 aliphatic rings. The number of hydrogen-bond acceptors (Lipinski definition) is 4. The molecule has 1 aliphatic heterocycles. The lowest BCUT2D eigenvalue weighted by atomic mass is 9.98. The lowest BCUT2D eigenvalue weighted by Gasteiger charge is -2.34. The van der Waals surface area contributed by atoms with Crippen molar-refractivity contribution >= 4 is 17.4 Å². The molecule has 0 aliphatic carbocycles. The predicted octanol–water partition coefficient (Wildman–Crippen LogP) is 3.26. The Labute approximate surface area is 136 Å². The Bertz CT molecular complexity index is 659. The summed E-state index contributed by atoms with van der Waals surface area (Å²) >= 11 is 6.03. The summed E-state index contributed by atoms with van der Waals surface area (Å²) in [5.41, 5.74) is -0.831. The van der Waals surface area contributed by atoms with E-state index in [1.165, 1.54) is 6.33 Å². The molecule has 0 aromatic carbocycles. The molecule has 0 unspecified atom stereocenters. The summed E-state index contributed by atoms with van der Waals surface area (Å²) in [6, 6.07) is 0.935. The fraction of sp³-hybridized carbons (Fsp3) is 0.500. The zero-order valence-corrected chi connectivity index (χ0v) is 12.9. The van der Waals surface area contributed by atoms with Crippen molar-refractivity contribution < 1.29 is 13.2 Å². The van der Waals surface area contributed by atoms with Crippen LogP contribution in [0.2, 0.25) is 5.02 Å². The van der Waals surface area contributed by atoms with Crippen molar-refractivity contribution in [2.45, 2.75) is 25.6 Å². The van der Waals surface area contributed by atoms with Gasteiger partial charge >= 0.3 is 6.18 Å². The first kappa shape index (κ1) is 16.0. The second kappa shape index (κ2) is 6.35. The zero-order chi connectivity index (χ0) is 16.4. The Kier molecular flexibility index (Phi) is 4.43. The minimum atomic E-state index is -4.44. The number of halogens is 4. The molecule has 3 rings (SSSR count). The van der Waals surface area contributed by atoms with Gasteiger partial charge in [0.25, 0.3) is 0 Å². The van der Waals surface area contributed by atoms with Gasteiger partial charge in [0.15, 0.2) is 0 Å². The highest BCUT2D eigenvalue weighted by atomic mass is 35.5. The number of aromatic nitrogens is 4. The van der Waals surface area contributed by atoms with Crippen LogP contribution in [0.15, 0.2) is 24.9 Å². The third kappa shape index (κ3) is 3.74. The van der Waals surface area contributed by atoms with E-state index in [1.54, 1.807) is 11.0 Å². The summed E-state index contributed by atoms with van der Waals surface area (Å²) in [6.45, 7) is 2.12. The van der Waals surface area contributed by atoms with Crippen LogP contribution in [0.25, 0.3) is 0 Å². The molecule has 2 aromatic rings. The number of hydrogen-bond donors (Lipinski definition) is 0. The molecule has 1 atom stereocenters. The Morgan fingerprint density at radius 3 is 2.83 bits per heavy atom. The first-order valence-corrected chi connectivity index (χ1v) is 7.61. The van der Waals surface area contributed by atoms with Gasteiger partial charge in [-0.2, -0.15) is 18.3 Å². The van der Waals surface area contributed by atoms with Gasteiger partial charge in [-0.1, -0.05) is 11.6 Å². The molecule has 0 radical (unpaired) electrons. The van der Waals surface area contributed by atoms with Gasteiger partial charge in [-0.3, -0.25) is 4.68 Å². The molecule has 23 heavy (non-hydrogen) atoms. The molecule has 5 nitrogen and oxygen atoms in total. The molecule has 0 amide bonds. The molecular weight excluding hydrogens is 331 g/mol. The van der Waals surface area contributed by atoms with Gasteiger partial charge in [0, 0.05) is 25.8 Å². The van der Waals surface area contributed by atoms with Gasteiger partial charge < -0.3 is 4.90 Å². The van der Waals surface area contributed by atoms with Crippen LogP contribution in [-0.4, -0.2) is 32.8 Å². The maximum atomic E-state index is 12.7. The average Bonchev–Trinajstić information content (AvgIpc) is 2.99. The molecule has 3 heterocycles. The fourth-order valence-corrected chi connectivity index (χ4v) is 3.10. The van der Waals surface area contributed by atoms with E-state index < -0.39 is 11.7 Å². The summed E-state index contributed by atoms with van der Waals surface area (Å²) in [7, 11) is 0. The Hall–Kier alpha value is -1.83. The second-order valence-corrected chi connectivity index (χ2v) is 6.01. The van der Waals surface area contributed by atoms with E-state index >= 15 is 0 Å². The Morgan fingerprint density at radius 1 is 1.35 bits per heavy atom. The van der Waals surface area contributed by atoms with E-state index in [9.17, 15) is 13.2 Å². The molecule has 0 bridgehead atoms. The topological polar surface area (TPSA) is 46.8 Å². The van der Waals surface area contributed by atoms with Crippen LogP contribution in [-0.2, 0) is 12.7 Å². The molecule has 2 aromatic heterocycles. The third-order valence-electron chi connectivity index (χ3n) is 3.88. The van der Waals surface area contributed by atoms with E-state index in [-0.39, 0.29) is 5.02 Å². The lowest BCUT2D eigenvalue weighted by Crippen LogP contribution is -2.37. The van der Waals surface area contributed by atoms with E-state index in [0.29, 0.717) is 18.3 Å². The number of pyridine rings is 1. The van der Waals surface area contributed by atoms with Gasteiger partial charge in [0.05, 0.1) is 10.6 Å². The van der Waals surface area contributed by atoms with Crippen molar-refractivity contribution in [2.24, 2.45) is 5.92 Å². The van der Waals surface area contributed by atoms with Crippen molar-refractivity contribution in [3.63, 3.8) is 0 Å². The largest absolute Gasteiger partial charge is 0.417 e. The predicted molar refractivity (Wildman–Crippen MR) is 79.2 cm³/mol. The minimum Gasteiger partial charge on any atom is -0.355 e. The van der Waals surface area contributed by atoms with Crippen molar-refractivity contribution in [1.29, 1.82) is 0 Å². The molecule has 124 valence electrons. The first-order chi connectivity index (χ1) is 10.9. The van der Waals surface area contributed by atoms with Crippen LogP contribution in [0.3, 0.4) is 0 Å². The Morgan fingerprint density at radius 2 is 2.17 bits per heavy atom. The Balaban J connectivity index is 1.73. The molecule has 1 fully saturated rings. The lowest BCUT2D eigenvalue weighted by molar-refractivity contribution is -0.137. The summed E-state index contributed by atoms with van der Waals surface area (Å²) in [4.78, 5) is 9.79. The molecule has 9 heteroatoms. The number of anilines is 1. The maximum absolute atomic E-state index is 12.7. The third-order valence-corrected chi connectivity index (χ3v) is 4.16. The summed E-state index contributed by atoms with van der Waals surface area (Å²) in [5.74, 6) is 0.730. The van der Waals surface area contributed by atoms with Crippen molar-refractivity contribution in [3.8, 4) is 0 Å². The standard InChI is InChI=1S/C14H15ClF3N5/c15-12-4-11(14(16,17)18)5-20-13(12)22-3-1-2-10(6-22)7-23-9-19-8-21-23/h4-5,8-10H,1-3,6-7H2/t10-/m1/s1. The quantitative estimate of drug-likeness (QED) is 0.856. The van der Waals surface area contributed by atoms with E-state index in [1.807, 2.05) is 4.90 Å². The van der Waals surface area contributed by atoms with E-state index in [4.69, 9.17) is 11.6 Å². The molecule has 0 N–H and O–H groups in total. The number of piperidine rings is 1. The van der Waals surface area contributed by atoms with Gasteiger partial charge in [-0.05, 0) is 24.8 Å². The number of rotatable bonds is 3. The van der Waals surface area contributed by atoms with Crippen LogP contribution in [0.1, 0.15) is 18.4 Å².